The average molecular weight is 454 g/mol. The van der Waals surface area contributed by atoms with E-state index in [-0.39, 0.29) is 29.8 Å². The van der Waals surface area contributed by atoms with Gasteiger partial charge in [0, 0.05) is 28.6 Å². The fourth-order valence-corrected chi connectivity index (χ4v) is 3.74. The molecule has 2 aromatic rings. The fourth-order valence-electron chi connectivity index (χ4n) is 3.16. The highest BCUT2D eigenvalue weighted by atomic mass is 79.9. The number of carbonyl (C=O) groups excluding carboxylic acids is 2. The molecule has 0 unspecified atom stereocenters. The van der Waals surface area contributed by atoms with Crippen LogP contribution in [0.2, 0.25) is 5.02 Å². The fraction of sp³-hybridized carbons (Fsp3) is 0.300. The van der Waals surface area contributed by atoms with Crippen molar-refractivity contribution in [1.82, 2.24) is 10.2 Å². The molecule has 2 amide bonds. The molecule has 0 radical (unpaired) electrons. The van der Waals surface area contributed by atoms with Crippen LogP contribution in [0.3, 0.4) is 0 Å². The summed E-state index contributed by atoms with van der Waals surface area (Å²) in [6.07, 6.45) is 1.51. The lowest BCUT2D eigenvalue weighted by Gasteiger charge is -2.32. The molecule has 0 saturated carbocycles. The number of halogens is 3. The van der Waals surface area contributed by atoms with Gasteiger partial charge in [0.05, 0.1) is 12.0 Å². The molecular weight excluding hydrogens is 435 g/mol. The van der Waals surface area contributed by atoms with Crippen molar-refractivity contribution < 1.29 is 14.0 Å². The first kappa shape index (κ1) is 19.8. The Morgan fingerprint density at radius 3 is 2.59 bits per heavy atom. The average Bonchev–Trinajstić information content (AvgIpc) is 2.65. The number of carbonyl (C=O) groups is 2. The second-order valence-electron chi connectivity index (χ2n) is 6.53. The topological polar surface area (TPSA) is 49.4 Å². The van der Waals surface area contributed by atoms with E-state index in [1.54, 1.807) is 29.2 Å². The van der Waals surface area contributed by atoms with Crippen LogP contribution in [0.1, 0.15) is 28.8 Å². The number of hydrogen-bond donors (Lipinski definition) is 1. The Kier molecular flexibility index (Phi) is 6.50. The molecule has 7 heteroatoms. The summed E-state index contributed by atoms with van der Waals surface area (Å²) in [4.78, 5) is 26.4. The molecule has 1 fully saturated rings. The Labute approximate surface area is 170 Å². The molecule has 1 heterocycles. The number of likely N-dealkylation sites (tertiary alicyclic amines) is 1. The minimum atomic E-state index is -0.509. The molecule has 0 atom stereocenters. The van der Waals surface area contributed by atoms with E-state index >= 15 is 0 Å². The van der Waals surface area contributed by atoms with Crippen LogP contribution in [-0.2, 0) is 11.2 Å². The number of hydrogen-bond acceptors (Lipinski definition) is 2. The van der Waals surface area contributed by atoms with Crippen LogP contribution < -0.4 is 5.32 Å². The van der Waals surface area contributed by atoms with E-state index in [4.69, 9.17) is 11.6 Å². The Hall–Kier alpha value is -1.92. The molecule has 4 nitrogen and oxygen atoms in total. The zero-order chi connectivity index (χ0) is 19.4. The Morgan fingerprint density at radius 1 is 1.19 bits per heavy atom. The first-order chi connectivity index (χ1) is 12.9. The molecule has 0 spiro atoms. The molecule has 0 bridgehead atoms. The van der Waals surface area contributed by atoms with Crippen LogP contribution >= 0.6 is 27.5 Å². The summed E-state index contributed by atoms with van der Waals surface area (Å²) in [6, 6.07) is 11.3. The molecule has 1 N–H and O–H groups in total. The lowest BCUT2D eigenvalue weighted by atomic mass is 10.0. The van der Waals surface area contributed by atoms with Gasteiger partial charge in [0.25, 0.3) is 5.91 Å². The van der Waals surface area contributed by atoms with E-state index in [1.807, 2.05) is 6.07 Å². The molecule has 27 heavy (non-hydrogen) atoms. The van der Waals surface area contributed by atoms with E-state index in [2.05, 4.69) is 21.2 Å². The number of piperidine rings is 1. The molecule has 2 aromatic carbocycles. The molecule has 1 aliphatic heterocycles. The van der Waals surface area contributed by atoms with Crippen molar-refractivity contribution in [2.24, 2.45) is 0 Å². The maximum atomic E-state index is 13.8. The van der Waals surface area contributed by atoms with Crippen LogP contribution in [-0.4, -0.2) is 35.8 Å². The highest BCUT2D eigenvalue weighted by Crippen LogP contribution is 2.22. The lowest BCUT2D eigenvalue weighted by Crippen LogP contribution is -2.47. The molecule has 3 rings (SSSR count). The summed E-state index contributed by atoms with van der Waals surface area (Å²) in [5.41, 5.74) is 0.915. The third kappa shape index (κ3) is 5.08. The van der Waals surface area contributed by atoms with E-state index < -0.39 is 5.82 Å². The second-order valence-corrected chi connectivity index (χ2v) is 7.82. The zero-order valence-electron chi connectivity index (χ0n) is 14.6. The quantitative estimate of drug-likeness (QED) is 0.754. The Bertz CT molecular complexity index is 854. The van der Waals surface area contributed by atoms with Gasteiger partial charge in [-0.15, -0.1) is 0 Å². The predicted molar refractivity (Wildman–Crippen MR) is 106 cm³/mol. The van der Waals surface area contributed by atoms with Gasteiger partial charge in [-0.05, 0) is 48.7 Å². The van der Waals surface area contributed by atoms with Crippen LogP contribution in [0.5, 0.6) is 0 Å². The van der Waals surface area contributed by atoms with Crippen LogP contribution in [0.25, 0.3) is 0 Å². The Morgan fingerprint density at radius 2 is 1.89 bits per heavy atom. The van der Waals surface area contributed by atoms with Gasteiger partial charge in [-0.3, -0.25) is 9.59 Å². The summed E-state index contributed by atoms with van der Waals surface area (Å²) in [7, 11) is 0. The van der Waals surface area contributed by atoms with Gasteiger partial charge in [-0.1, -0.05) is 39.7 Å². The molecule has 0 aromatic heterocycles. The zero-order valence-corrected chi connectivity index (χ0v) is 16.9. The van der Waals surface area contributed by atoms with Crippen molar-refractivity contribution in [3.8, 4) is 0 Å². The molecule has 1 saturated heterocycles. The van der Waals surface area contributed by atoms with Crippen molar-refractivity contribution in [2.45, 2.75) is 25.3 Å². The monoisotopic (exact) mass is 452 g/mol. The number of rotatable bonds is 4. The van der Waals surface area contributed by atoms with Crippen molar-refractivity contribution in [1.29, 1.82) is 0 Å². The van der Waals surface area contributed by atoms with Gasteiger partial charge >= 0.3 is 0 Å². The number of benzene rings is 2. The summed E-state index contributed by atoms with van der Waals surface area (Å²) in [5, 5.41) is 3.59. The number of amides is 2. The number of nitrogens with zero attached hydrogens (tertiary/aromatic N) is 1. The Balaban J connectivity index is 1.52. The summed E-state index contributed by atoms with van der Waals surface area (Å²) < 4.78 is 14.6. The summed E-state index contributed by atoms with van der Waals surface area (Å²) in [6.45, 7) is 0.970. The first-order valence-electron chi connectivity index (χ1n) is 8.71. The smallest absolute Gasteiger partial charge is 0.256 e. The third-order valence-electron chi connectivity index (χ3n) is 4.61. The summed E-state index contributed by atoms with van der Waals surface area (Å²) >= 11 is 9.41. The van der Waals surface area contributed by atoms with Crippen LogP contribution in [0, 0.1) is 5.82 Å². The van der Waals surface area contributed by atoms with Gasteiger partial charge in [0.1, 0.15) is 5.82 Å². The standard InChI is InChI=1S/C20H19BrClFN2O2/c21-17-6-5-14(22)11-13(17)12-19(26)24-15-7-9-25(10-8-15)20(27)16-3-1-2-4-18(16)23/h1-6,11,15H,7-10,12H2,(H,24,26). The van der Waals surface area contributed by atoms with Crippen LogP contribution in [0.4, 0.5) is 4.39 Å². The van der Waals surface area contributed by atoms with Gasteiger partial charge in [-0.2, -0.15) is 0 Å². The minimum absolute atomic E-state index is 0.000120. The highest BCUT2D eigenvalue weighted by Gasteiger charge is 2.26. The second kappa shape index (κ2) is 8.85. The van der Waals surface area contributed by atoms with Crippen molar-refractivity contribution >= 4 is 39.3 Å². The van der Waals surface area contributed by atoms with E-state index in [0.29, 0.717) is 31.0 Å². The summed E-state index contributed by atoms with van der Waals surface area (Å²) in [5.74, 6) is -0.900. The van der Waals surface area contributed by atoms with Gasteiger partial charge in [0.15, 0.2) is 0 Å². The largest absolute Gasteiger partial charge is 0.353 e. The van der Waals surface area contributed by atoms with Gasteiger partial charge in [0.2, 0.25) is 5.91 Å². The van der Waals surface area contributed by atoms with E-state index in [9.17, 15) is 14.0 Å². The first-order valence-corrected chi connectivity index (χ1v) is 9.88. The van der Waals surface area contributed by atoms with E-state index in [0.717, 1.165) is 10.0 Å². The van der Waals surface area contributed by atoms with Crippen molar-refractivity contribution in [2.75, 3.05) is 13.1 Å². The van der Waals surface area contributed by atoms with Gasteiger partial charge < -0.3 is 10.2 Å². The van der Waals surface area contributed by atoms with Gasteiger partial charge in [-0.25, -0.2) is 4.39 Å². The SMILES string of the molecule is O=C(Cc1cc(Cl)ccc1Br)NC1CCN(C(=O)c2ccccc2F)CC1. The molecule has 142 valence electrons. The van der Waals surface area contributed by atoms with Crippen LogP contribution in [0.15, 0.2) is 46.9 Å². The molecular formula is C20H19BrClFN2O2. The lowest BCUT2D eigenvalue weighted by molar-refractivity contribution is -0.121. The third-order valence-corrected chi connectivity index (χ3v) is 5.62. The van der Waals surface area contributed by atoms with Crippen molar-refractivity contribution in [3.63, 3.8) is 0 Å². The number of nitrogens with one attached hydrogen (secondary N) is 1. The maximum Gasteiger partial charge on any atom is 0.256 e. The minimum Gasteiger partial charge on any atom is -0.353 e. The molecule has 0 aliphatic carbocycles. The highest BCUT2D eigenvalue weighted by molar-refractivity contribution is 9.10. The maximum absolute atomic E-state index is 13.8. The molecule has 1 aliphatic rings. The predicted octanol–water partition coefficient (Wildman–Crippen LogP) is 4.21. The normalized spacial score (nSPS) is 14.9. The van der Waals surface area contributed by atoms with E-state index in [1.165, 1.54) is 12.1 Å². The van der Waals surface area contributed by atoms with Crippen molar-refractivity contribution in [3.05, 3.63) is 68.9 Å².